The van der Waals surface area contributed by atoms with Gasteiger partial charge in [-0.25, -0.2) is 0 Å². The Morgan fingerprint density at radius 1 is 1.55 bits per heavy atom. The number of hydrogen-bond donors (Lipinski definition) is 3. The first-order valence-corrected chi connectivity index (χ1v) is 2.96. The van der Waals surface area contributed by atoms with E-state index in [1.807, 2.05) is 0 Å². The maximum atomic E-state index is 10.7. The highest BCUT2D eigenvalue weighted by Crippen LogP contribution is 2.15. The summed E-state index contributed by atoms with van der Waals surface area (Å²) in [6.45, 7) is 0. The topological polar surface area (TPSA) is 97.0 Å². The van der Waals surface area contributed by atoms with Crippen molar-refractivity contribution in [3.05, 3.63) is 20.1 Å². The number of aromatic nitrogens is 2. The average Bonchev–Trinajstić information content (AvgIpc) is 1.85. The summed E-state index contributed by atoms with van der Waals surface area (Å²) in [7, 11) is 0. The molecule has 0 aliphatic rings. The van der Waals surface area contributed by atoms with E-state index in [1.54, 1.807) is 0 Å². The molecule has 0 aliphatic carbocycles. The van der Waals surface area contributed by atoms with Gasteiger partial charge < -0.3 is 5.11 Å². The maximum absolute atomic E-state index is 10.7. The monoisotopic (exact) mass is 171 g/mol. The van der Waals surface area contributed by atoms with Gasteiger partial charge in [-0.2, -0.15) is 0 Å². The minimum atomic E-state index is -0.742. The molecule has 0 saturated heterocycles. The van der Waals surface area contributed by atoms with Gasteiger partial charge in [-0.15, -0.1) is 0 Å². The van der Waals surface area contributed by atoms with Crippen molar-refractivity contribution in [3.8, 4) is 5.88 Å². The van der Waals surface area contributed by atoms with Gasteiger partial charge in [-0.05, 0) is 12.2 Å². The summed E-state index contributed by atoms with van der Waals surface area (Å²) in [6.07, 6.45) is 0. The third-order valence-corrected chi connectivity index (χ3v) is 1.20. The van der Waals surface area contributed by atoms with E-state index >= 15 is 0 Å². The molecule has 1 heterocycles. The predicted octanol–water partition coefficient (Wildman–Crippen LogP) is 0.623. The van der Waals surface area contributed by atoms with E-state index < -0.39 is 17.1 Å². The molecule has 0 saturated carbocycles. The standard InChI is InChI=1S/C4H2N4O2S/c5-8-1-2(9)6-4(11)7-3(1)10/h(H2-,6,7,9,10,11)/p+1. The first-order chi connectivity index (χ1) is 5.15. The van der Waals surface area contributed by atoms with Crippen LogP contribution in [0.25, 0.3) is 4.98 Å². The maximum Gasteiger partial charge on any atom is 0.507 e. The minimum absolute atomic E-state index is 0.0279. The number of diazo groups is 1. The van der Waals surface area contributed by atoms with Crippen LogP contribution < -0.4 is 5.56 Å². The highest BCUT2D eigenvalue weighted by Gasteiger charge is 2.19. The van der Waals surface area contributed by atoms with Crippen LogP contribution in [0.4, 0.5) is 5.69 Å². The van der Waals surface area contributed by atoms with Crippen molar-refractivity contribution in [2.75, 3.05) is 0 Å². The third kappa shape index (κ3) is 1.25. The normalized spacial score (nSPS) is 9.00. The van der Waals surface area contributed by atoms with Gasteiger partial charge in [0.2, 0.25) is 5.39 Å². The lowest BCUT2D eigenvalue weighted by molar-refractivity contribution is 0.453. The van der Waals surface area contributed by atoms with Gasteiger partial charge in [0.25, 0.3) is 5.88 Å². The largest absolute Gasteiger partial charge is 0.507 e. The molecule has 0 spiro atoms. The lowest BCUT2D eigenvalue weighted by Crippen LogP contribution is -2.05. The van der Waals surface area contributed by atoms with Gasteiger partial charge in [-0.3, -0.25) is 14.8 Å². The highest BCUT2D eigenvalue weighted by atomic mass is 32.1. The fourth-order valence-electron chi connectivity index (χ4n) is 0.561. The fraction of sp³-hybridized carbons (Fsp3) is 0. The summed E-state index contributed by atoms with van der Waals surface area (Å²) in [5.41, 5.74) is -1.23. The molecule has 0 radical (unpaired) electrons. The molecule has 1 rings (SSSR count). The van der Waals surface area contributed by atoms with Crippen LogP contribution in [-0.4, -0.2) is 15.1 Å². The summed E-state index contributed by atoms with van der Waals surface area (Å²) in [6, 6.07) is 0. The van der Waals surface area contributed by atoms with E-state index in [-0.39, 0.29) is 4.77 Å². The van der Waals surface area contributed by atoms with E-state index in [0.717, 1.165) is 0 Å². The van der Waals surface area contributed by atoms with Gasteiger partial charge in [0.05, 0.1) is 0 Å². The number of aromatic hydroxyl groups is 1. The quantitative estimate of drug-likeness (QED) is 0.393. The molecule has 0 unspecified atom stereocenters. The zero-order valence-corrected chi connectivity index (χ0v) is 5.97. The zero-order valence-electron chi connectivity index (χ0n) is 5.16. The number of rotatable bonds is 0. The Morgan fingerprint density at radius 3 is 2.64 bits per heavy atom. The zero-order chi connectivity index (χ0) is 8.43. The van der Waals surface area contributed by atoms with Crippen molar-refractivity contribution in [2.24, 2.45) is 0 Å². The van der Waals surface area contributed by atoms with Crippen LogP contribution in [0.1, 0.15) is 0 Å². The van der Waals surface area contributed by atoms with Crippen LogP contribution in [-0.2, 0) is 0 Å². The number of H-pyrrole nitrogens is 2. The van der Waals surface area contributed by atoms with Gasteiger partial charge in [-0.1, -0.05) is 0 Å². The summed E-state index contributed by atoms with van der Waals surface area (Å²) in [5, 5.41) is 17.1. The fourth-order valence-corrected chi connectivity index (χ4v) is 0.750. The van der Waals surface area contributed by atoms with Crippen molar-refractivity contribution >= 4 is 17.9 Å². The highest BCUT2D eigenvalue weighted by molar-refractivity contribution is 7.71. The Balaban J connectivity index is 3.66. The Hall–Kier alpha value is -1.68. The molecular formula is C4H3N4O2S+. The second-order valence-electron chi connectivity index (χ2n) is 1.71. The first-order valence-electron chi connectivity index (χ1n) is 2.56. The Morgan fingerprint density at radius 2 is 2.18 bits per heavy atom. The molecule has 0 atom stereocenters. The summed E-state index contributed by atoms with van der Waals surface area (Å²) in [5.74, 6) is -0.554. The first kappa shape index (κ1) is 7.43. The molecule has 0 aliphatic heterocycles. The van der Waals surface area contributed by atoms with E-state index in [2.05, 4.69) is 27.2 Å². The second kappa shape index (κ2) is 2.51. The van der Waals surface area contributed by atoms with Crippen LogP contribution in [0.15, 0.2) is 4.79 Å². The molecule has 6 nitrogen and oxygen atoms in total. The van der Waals surface area contributed by atoms with Crippen molar-refractivity contribution in [1.82, 2.24) is 9.97 Å². The molecule has 0 bridgehead atoms. The van der Waals surface area contributed by atoms with E-state index in [4.69, 9.17) is 10.5 Å². The van der Waals surface area contributed by atoms with Crippen LogP contribution in [0.5, 0.6) is 5.88 Å². The SMILES string of the molecule is N#[N+]c1c(O)[nH]c(=S)[nH]c1=O. The van der Waals surface area contributed by atoms with Crippen LogP contribution in [0.2, 0.25) is 0 Å². The molecule has 11 heavy (non-hydrogen) atoms. The number of hydrogen-bond acceptors (Lipinski definition) is 4. The van der Waals surface area contributed by atoms with E-state index in [1.165, 1.54) is 0 Å². The minimum Gasteiger partial charge on any atom is -0.489 e. The van der Waals surface area contributed by atoms with Crippen molar-refractivity contribution < 1.29 is 5.11 Å². The van der Waals surface area contributed by atoms with Crippen molar-refractivity contribution in [1.29, 1.82) is 5.39 Å². The molecule has 0 amide bonds. The number of nitrogens with one attached hydrogen (secondary N) is 2. The summed E-state index contributed by atoms with van der Waals surface area (Å²) >= 11 is 4.50. The molecule has 56 valence electrons. The Bertz CT molecular complexity index is 425. The molecule has 3 N–H and O–H groups in total. The van der Waals surface area contributed by atoms with E-state index in [9.17, 15) is 4.79 Å². The van der Waals surface area contributed by atoms with Gasteiger partial charge in [0, 0.05) is 0 Å². The molecule has 1 aromatic rings. The van der Waals surface area contributed by atoms with Crippen LogP contribution in [0.3, 0.4) is 0 Å². The predicted molar refractivity (Wildman–Crippen MR) is 38.7 cm³/mol. The molecular weight excluding hydrogens is 168 g/mol. The van der Waals surface area contributed by atoms with E-state index in [0.29, 0.717) is 0 Å². The van der Waals surface area contributed by atoms with Crippen molar-refractivity contribution in [3.63, 3.8) is 0 Å². The van der Waals surface area contributed by atoms with Crippen LogP contribution in [0, 0.1) is 10.2 Å². The molecule has 1 aromatic heterocycles. The number of nitrogens with zero attached hydrogens (tertiary/aromatic N) is 2. The lowest BCUT2D eigenvalue weighted by atomic mass is 10.5. The third-order valence-electron chi connectivity index (χ3n) is 0.998. The summed E-state index contributed by atoms with van der Waals surface area (Å²) < 4.78 is -0.0279. The van der Waals surface area contributed by atoms with Crippen molar-refractivity contribution in [2.45, 2.75) is 0 Å². The summed E-state index contributed by atoms with van der Waals surface area (Å²) in [4.78, 5) is 17.6. The average molecular weight is 171 g/mol. The Kier molecular flexibility index (Phi) is 1.70. The number of aromatic amines is 2. The molecule has 0 aromatic carbocycles. The molecule has 0 fully saturated rings. The second-order valence-corrected chi connectivity index (χ2v) is 2.11. The lowest BCUT2D eigenvalue weighted by Gasteiger charge is -1.84. The molecule has 7 heteroatoms. The van der Waals surface area contributed by atoms with Crippen LogP contribution >= 0.6 is 12.2 Å². The smallest absolute Gasteiger partial charge is 0.489 e. The van der Waals surface area contributed by atoms with Gasteiger partial charge >= 0.3 is 11.2 Å². The van der Waals surface area contributed by atoms with Gasteiger partial charge in [0.15, 0.2) is 9.75 Å². The Labute approximate surface area is 65.1 Å². The van der Waals surface area contributed by atoms with Gasteiger partial charge in [0.1, 0.15) is 0 Å².